The molecule has 0 radical (unpaired) electrons. The number of nitrogens with zero attached hydrogens (tertiary/aromatic N) is 2. The Labute approximate surface area is 124 Å². The third-order valence-corrected chi connectivity index (χ3v) is 2.97. The van der Waals surface area contributed by atoms with Crippen LogP contribution < -0.4 is 10.6 Å². The van der Waals surface area contributed by atoms with Crippen molar-refractivity contribution in [3.63, 3.8) is 0 Å². The topological polar surface area (TPSA) is 66.9 Å². The Balaban J connectivity index is 1.81. The minimum atomic E-state index is -0.0183. The molecule has 0 saturated heterocycles. The molecule has 0 aliphatic rings. The van der Waals surface area contributed by atoms with Gasteiger partial charge in [0.05, 0.1) is 0 Å². The van der Waals surface area contributed by atoms with E-state index in [1.807, 2.05) is 43.3 Å². The van der Waals surface area contributed by atoms with E-state index >= 15 is 0 Å². The first-order valence-corrected chi connectivity index (χ1v) is 7.10. The number of benzene rings is 1. The summed E-state index contributed by atoms with van der Waals surface area (Å²) in [7, 11) is 0. The van der Waals surface area contributed by atoms with Crippen molar-refractivity contribution in [3.8, 4) is 0 Å². The van der Waals surface area contributed by atoms with Crippen LogP contribution in [-0.4, -0.2) is 22.4 Å². The lowest BCUT2D eigenvalue weighted by Crippen LogP contribution is -2.16. The Morgan fingerprint density at radius 1 is 1.19 bits per heavy atom. The van der Waals surface area contributed by atoms with Crippen LogP contribution in [0.2, 0.25) is 0 Å². The summed E-state index contributed by atoms with van der Waals surface area (Å²) in [6.07, 6.45) is 1.26. The number of rotatable bonds is 6. The highest BCUT2D eigenvalue weighted by atomic mass is 16.1. The Kier molecular flexibility index (Phi) is 5.26. The molecule has 2 rings (SSSR count). The fourth-order valence-electron chi connectivity index (χ4n) is 1.95. The summed E-state index contributed by atoms with van der Waals surface area (Å²) in [5.41, 5.74) is 1.81. The molecule has 0 atom stereocenters. The van der Waals surface area contributed by atoms with E-state index in [0.717, 1.165) is 29.4 Å². The summed E-state index contributed by atoms with van der Waals surface area (Å²) >= 11 is 0. The number of para-hydroxylation sites is 1. The minimum absolute atomic E-state index is 0.0183. The van der Waals surface area contributed by atoms with Gasteiger partial charge in [-0.15, -0.1) is 0 Å². The zero-order chi connectivity index (χ0) is 15.1. The molecule has 0 unspecified atom stereocenters. The number of carbonyl (C=O) groups excluding carboxylic acids is 1. The molecule has 0 aliphatic carbocycles. The zero-order valence-electron chi connectivity index (χ0n) is 12.4. The van der Waals surface area contributed by atoms with Gasteiger partial charge in [-0.1, -0.05) is 25.1 Å². The monoisotopic (exact) mass is 284 g/mol. The van der Waals surface area contributed by atoms with Gasteiger partial charge in [0.2, 0.25) is 5.91 Å². The zero-order valence-corrected chi connectivity index (χ0v) is 12.4. The number of amides is 1. The molecule has 0 saturated carbocycles. The van der Waals surface area contributed by atoms with Gasteiger partial charge in [0, 0.05) is 30.4 Å². The maximum Gasteiger partial charge on any atom is 0.226 e. The maximum atomic E-state index is 11.8. The van der Waals surface area contributed by atoms with E-state index in [1.54, 1.807) is 0 Å². The smallest absolute Gasteiger partial charge is 0.226 e. The predicted octanol–water partition coefficient (Wildman–Crippen LogP) is 2.79. The van der Waals surface area contributed by atoms with Crippen molar-refractivity contribution in [3.05, 3.63) is 47.9 Å². The highest BCUT2D eigenvalue weighted by Crippen LogP contribution is 2.08. The number of carbonyl (C=O) groups is 1. The summed E-state index contributed by atoms with van der Waals surface area (Å²) in [6, 6.07) is 11.4. The van der Waals surface area contributed by atoms with Gasteiger partial charge in [-0.3, -0.25) is 4.79 Å². The molecule has 5 heteroatoms. The van der Waals surface area contributed by atoms with Crippen molar-refractivity contribution in [2.24, 2.45) is 0 Å². The van der Waals surface area contributed by atoms with E-state index in [1.165, 1.54) is 0 Å². The molecule has 21 heavy (non-hydrogen) atoms. The van der Waals surface area contributed by atoms with E-state index in [9.17, 15) is 4.79 Å². The molecule has 0 bridgehead atoms. The van der Waals surface area contributed by atoms with Gasteiger partial charge in [-0.25, -0.2) is 9.97 Å². The average molecular weight is 284 g/mol. The molecule has 1 aromatic carbocycles. The van der Waals surface area contributed by atoms with Crippen LogP contribution in [0, 0.1) is 6.92 Å². The SMILES string of the molecule is CCc1cc(NCCC(=O)Nc2ccccc2)nc(C)n1. The number of anilines is 2. The minimum Gasteiger partial charge on any atom is -0.369 e. The van der Waals surface area contributed by atoms with Crippen molar-refractivity contribution in [2.75, 3.05) is 17.2 Å². The normalized spacial score (nSPS) is 10.2. The average Bonchev–Trinajstić information content (AvgIpc) is 2.47. The van der Waals surface area contributed by atoms with E-state index in [2.05, 4.69) is 27.5 Å². The van der Waals surface area contributed by atoms with E-state index in [-0.39, 0.29) is 5.91 Å². The molecule has 5 nitrogen and oxygen atoms in total. The molecular weight excluding hydrogens is 264 g/mol. The fraction of sp³-hybridized carbons (Fsp3) is 0.312. The lowest BCUT2D eigenvalue weighted by Gasteiger charge is -2.08. The summed E-state index contributed by atoms with van der Waals surface area (Å²) < 4.78 is 0. The number of aromatic nitrogens is 2. The second-order valence-corrected chi connectivity index (χ2v) is 4.74. The first kappa shape index (κ1) is 15.0. The lowest BCUT2D eigenvalue weighted by atomic mass is 10.3. The van der Waals surface area contributed by atoms with Crippen LogP contribution in [0.25, 0.3) is 0 Å². The van der Waals surface area contributed by atoms with Crippen LogP contribution in [-0.2, 0) is 11.2 Å². The Morgan fingerprint density at radius 2 is 1.95 bits per heavy atom. The summed E-state index contributed by atoms with van der Waals surface area (Å²) in [6.45, 7) is 4.46. The molecule has 2 N–H and O–H groups in total. The summed E-state index contributed by atoms with van der Waals surface area (Å²) in [5.74, 6) is 1.49. The van der Waals surface area contributed by atoms with Crippen LogP contribution >= 0.6 is 0 Å². The van der Waals surface area contributed by atoms with E-state index in [4.69, 9.17) is 0 Å². The number of hydrogen-bond acceptors (Lipinski definition) is 4. The summed E-state index contributed by atoms with van der Waals surface area (Å²) in [5, 5.41) is 6.02. The lowest BCUT2D eigenvalue weighted by molar-refractivity contribution is -0.115. The standard InChI is InChI=1S/C16H20N4O/c1-3-13-11-15(19-12(2)18-13)17-10-9-16(21)20-14-7-5-4-6-8-14/h4-8,11H,3,9-10H2,1-2H3,(H,20,21)(H,17,18,19). The van der Waals surface area contributed by atoms with Crippen LogP contribution in [0.5, 0.6) is 0 Å². The third kappa shape index (κ3) is 4.87. The molecule has 0 spiro atoms. The molecular formula is C16H20N4O. The second kappa shape index (κ2) is 7.38. The van der Waals surface area contributed by atoms with Gasteiger partial charge < -0.3 is 10.6 Å². The highest BCUT2D eigenvalue weighted by molar-refractivity contribution is 5.90. The molecule has 2 aromatic rings. The van der Waals surface area contributed by atoms with Crippen molar-refractivity contribution in [2.45, 2.75) is 26.7 Å². The largest absolute Gasteiger partial charge is 0.369 e. The number of aryl methyl sites for hydroxylation is 2. The van der Waals surface area contributed by atoms with Crippen molar-refractivity contribution >= 4 is 17.4 Å². The van der Waals surface area contributed by atoms with Crippen molar-refractivity contribution in [1.82, 2.24) is 9.97 Å². The van der Waals surface area contributed by atoms with Crippen LogP contribution in [0.15, 0.2) is 36.4 Å². The van der Waals surface area contributed by atoms with Gasteiger partial charge in [0.1, 0.15) is 11.6 Å². The molecule has 110 valence electrons. The Morgan fingerprint density at radius 3 is 2.67 bits per heavy atom. The highest BCUT2D eigenvalue weighted by Gasteiger charge is 2.03. The maximum absolute atomic E-state index is 11.8. The fourth-order valence-corrected chi connectivity index (χ4v) is 1.95. The van der Waals surface area contributed by atoms with Crippen LogP contribution in [0.1, 0.15) is 24.9 Å². The first-order valence-electron chi connectivity index (χ1n) is 7.10. The quantitative estimate of drug-likeness (QED) is 0.856. The Hall–Kier alpha value is -2.43. The third-order valence-electron chi connectivity index (χ3n) is 2.97. The molecule has 1 amide bonds. The van der Waals surface area contributed by atoms with Gasteiger partial charge >= 0.3 is 0 Å². The Bertz CT molecular complexity index is 598. The number of hydrogen-bond donors (Lipinski definition) is 2. The molecule has 0 aliphatic heterocycles. The van der Waals surface area contributed by atoms with Gasteiger partial charge in [-0.2, -0.15) is 0 Å². The predicted molar refractivity (Wildman–Crippen MR) is 84.3 cm³/mol. The van der Waals surface area contributed by atoms with Crippen molar-refractivity contribution < 1.29 is 4.79 Å². The number of nitrogens with one attached hydrogen (secondary N) is 2. The molecule has 1 aromatic heterocycles. The van der Waals surface area contributed by atoms with Crippen LogP contribution in [0.3, 0.4) is 0 Å². The van der Waals surface area contributed by atoms with Crippen LogP contribution in [0.4, 0.5) is 11.5 Å². The molecule has 0 fully saturated rings. The van der Waals surface area contributed by atoms with Gasteiger partial charge in [0.25, 0.3) is 0 Å². The second-order valence-electron chi connectivity index (χ2n) is 4.74. The van der Waals surface area contributed by atoms with E-state index in [0.29, 0.717) is 13.0 Å². The van der Waals surface area contributed by atoms with Gasteiger partial charge in [0.15, 0.2) is 0 Å². The van der Waals surface area contributed by atoms with Gasteiger partial charge in [-0.05, 0) is 25.5 Å². The van der Waals surface area contributed by atoms with E-state index < -0.39 is 0 Å². The van der Waals surface area contributed by atoms with Crippen molar-refractivity contribution in [1.29, 1.82) is 0 Å². The molecule has 1 heterocycles. The summed E-state index contributed by atoms with van der Waals surface area (Å²) in [4.78, 5) is 20.4. The first-order chi connectivity index (χ1) is 10.2.